The molecule has 3 aromatic rings. The molecule has 0 radical (unpaired) electrons. The van der Waals surface area contributed by atoms with E-state index in [9.17, 15) is 4.79 Å². The first-order valence-corrected chi connectivity index (χ1v) is 18.5. The van der Waals surface area contributed by atoms with Crippen molar-refractivity contribution in [2.24, 2.45) is 46.3 Å². The van der Waals surface area contributed by atoms with Crippen LogP contribution >= 0.6 is 0 Å². The van der Waals surface area contributed by atoms with E-state index in [1.54, 1.807) is 5.57 Å². The topological polar surface area (TPSA) is 25.9 Å². The maximum atomic E-state index is 13.2. The zero-order valence-corrected chi connectivity index (χ0v) is 30.6. The number of hydrogen-bond acceptors (Lipinski definition) is 1. The van der Waals surface area contributed by atoms with E-state index < -0.39 is 0 Å². The van der Waals surface area contributed by atoms with Crippen LogP contribution in [-0.2, 0) is 6.54 Å². The van der Waals surface area contributed by atoms with Gasteiger partial charge in [-0.25, -0.2) is 9.13 Å². The van der Waals surface area contributed by atoms with Crippen LogP contribution in [0.25, 0.3) is 11.0 Å². The van der Waals surface area contributed by atoms with Gasteiger partial charge in [-0.05, 0) is 103 Å². The van der Waals surface area contributed by atoms with Gasteiger partial charge in [0.2, 0.25) is 12.1 Å². The number of halogens is 1. The number of hydrogen-bond donors (Lipinski definition) is 0. The molecule has 7 rings (SSSR count). The first-order valence-electron chi connectivity index (χ1n) is 18.5. The van der Waals surface area contributed by atoms with Crippen molar-refractivity contribution in [2.45, 2.75) is 118 Å². The van der Waals surface area contributed by atoms with E-state index in [0.29, 0.717) is 23.4 Å². The summed E-state index contributed by atoms with van der Waals surface area (Å²) < 4.78 is 4.70. The van der Waals surface area contributed by atoms with Gasteiger partial charge in [-0.2, -0.15) is 0 Å². The predicted molar refractivity (Wildman–Crippen MR) is 185 cm³/mol. The van der Waals surface area contributed by atoms with E-state index in [0.717, 1.165) is 53.0 Å². The van der Waals surface area contributed by atoms with Crippen molar-refractivity contribution in [3.05, 3.63) is 78.1 Å². The van der Waals surface area contributed by atoms with Crippen LogP contribution in [0.3, 0.4) is 0 Å². The van der Waals surface area contributed by atoms with E-state index >= 15 is 0 Å². The minimum absolute atomic E-state index is 0. The number of aromatic nitrogens is 2. The summed E-state index contributed by atoms with van der Waals surface area (Å²) in [5, 5.41) is 0. The Morgan fingerprint density at radius 2 is 1.67 bits per heavy atom. The minimum atomic E-state index is 0. The second-order valence-electron chi connectivity index (χ2n) is 16.6. The fraction of sp³-hybridized carbons (Fsp3) is 0.619. The Bertz CT molecular complexity index is 1560. The molecule has 1 heterocycles. The molecule has 46 heavy (non-hydrogen) atoms. The molecule has 0 aliphatic heterocycles. The molecule has 3 fully saturated rings. The third kappa shape index (κ3) is 5.88. The monoisotopic (exact) mass is 684 g/mol. The van der Waals surface area contributed by atoms with Crippen molar-refractivity contribution in [3.8, 4) is 0 Å². The highest BCUT2D eigenvalue weighted by Gasteiger charge is 2.59. The van der Waals surface area contributed by atoms with Gasteiger partial charge in [0.1, 0.15) is 6.04 Å². The van der Waals surface area contributed by atoms with E-state index in [2.05, 4.69) is 80.4 Å². The summed E-state index contributed by atoms with van der Waals surface area (Å²) in [6.07, 6.45) is 20.0. The molecular weight excluding hydrogens is 628 g/mol. The molecule has 4 aliphatic rings. The van der Waals surface area contributed by atoms with Crippen LogP contribution in [0.5, 0.6) is 0 Å². The number of fused-ring (bicyclic) bond motifs is 6. The lowest BCUT2D eigenvalue weighted by Gasteiger charge is -2.58. The number of imidazole rings is 1. The quantitative estimate of drug-likeness (QED) is 0.131. The van der Waals surface area contributed by atoms with E-state index in [-0.39, 0.29) is 22.8 Å². The average molecular weight is 686 g/mol. The minimum Gasteiger partial charge on any atom is -1.00 e. The highest BCUT2D eigenvalue weighted by Crippen LogP contribution is 2.67. The van der Waals surface area contributed by atoms with Crippen LogP contribution in [0, 0.1) is 46.3 Å². The normalized spacial score (nSPS) is 32.7. The lowest BCUT2D eigenvalue weighted by Crippen LogP contribution is -3.00. The van der Waals surface area contributed by atoms with Gasteiger partial charge >= 0.3 is 0 Å². The number of benzene rings is 2. The van der Waals surface area contributed by atoms with Crippen molar-refractivity contribution in [1.29, 1.82) is 0 Å². The van der Waals surface area contributed by atoms with Gasteiger partial charge in [0.05, 0.1) is 0 Å². The van der Waals surface area contributed by atoms with Crippen molar-refractivity contribution < 1.29 is 26.3 Å². The molecule has 248 valence electrons. The SMILES string of the molecule is CC(C)CCC[C@@H](C)[C@H]1CC[C@H]2[C@@H]3CC=C4C[C@H](n5c[n+](CC(=O)c6ccccc6)c6ccccc65)CC[C@]4(C)[C@H]3CC[C@]12C.[Br-]. The van der Waals surface area contributed by atoms with Crippen molar-refractivity contribution in [3.63, 3.8) is 0 Å². The molecule has 0 amide bonds. The molecule has 1 aromatic heterocycles. The standard InChI is InChI=1S/C42H57N2O.BrH/c1-29(2)12-11-13-30(3)35-20-21-36-34-19-18-32-26-33(22-24-41(32,4)37(34)23-25-42(35,36)5)44-28-43(38-16-9-10-17-39(38)44)27-40(45)31-14-7-6-8-15-31;/h6-10,14-18,28-30,33-37H,11-13,19-27H2,1-5H3;1H/q+1;/p-1/t30-,33-,34+,35-,36+,37+,41+,42-;/m1./s1. The summed E-state index contributed by atoms with van der Waals surface area (Å²) in [4.78, 5) is 13.2. The molecule has 3 saturated carbocycles. The predicted octanol–water partition coefficient (Wildman–Crippen LogP) is 7.40. The number of para-hydroxylation sites is 2. The second kappa shape index (κ2) is 13.4. The van der Waals surface area contributed by atoms with Gasteiger partial charge in [0, 0.05) is 12.0 Å². The Labute approximate surface area is 289 Å². The summed E-state index contributed by atoms with van der Waals surface area (Å²) in [6, 6.07) is 18.9. The van der Waals surface area contributed by atoms with Gasteiger partial charge in [-0.1, -0.05) is 108 Å². The van der Waals surface area contributed by atoms with E-state index in [4.69, 9.17) is 0 Å². The molecule has 4 heteroatoms. The Balaban J connectivity index is 0.00000372. The maximum absolute atomic E-state index is 13.2. The first kappa shape index (κ1) is 33.7. The molecule has 2 aromatic carbocycles. The first-order chi connectivity index (χ1) is 21.7. The van der Waals surface area contributed by atoms with Crippen LogP contribution in [0.15, 0.2) is 72.6 Å². The van der Waals surface area contributed by atoms with Gasteiger partial charge < -0.3 is 17.0 Å². The number of Topliss-reactive ketones (excluding diaryl/α,β-unsaturated/α-hetero) is 1. The van der Waals surface area contributed by atoms with Crippen LogP contribution < -0.4 is 21.5 Å². The van der Waals surface area contributed by atoms with Crippen LogP contribution in [-0.4, -0.2) is 10.4 Å². The summed E-state index contributed by atoms with van der Waals surface area (Å²) in [5.41, 5.74) is 5.85. The smallest absolute Gasteiger partial charge is 0.245 e. The molecule has 4 aliphatic carbocycles. The number of allylic oxidation sites excluding steroid dienone is 2. The van der Waals surface area contributed by atoms with Gasteiger partial charge in [0.15, 0.2) is 17.6 Å². The fourth-order valence-electron chi connectivity index (χ4n) is 11.4. The summed E-state index contributed by atoms with van der Waals surface area (Å²) in [6.45, 7) is 13.1. The molecule has 8 atom stereocenters. The largest absolute Gasteiger partial charge is 1.00 e. The number of rotatable bonds is 9. The molecule has 0 bridgehead atoms. The Hall–Kier alpha value is -2.20. The highest BCUT2D eigenvalue weighted by atomic mass is 79.9. The summed E-state index contributed by atoms with van der Waals surface area (Å²) in [7, 11) is 0. The Kier molecular flexibility index (Phi) is 9.79. The molecule has 0 spiro atoms. The zero-order valence-electron chi connectivity index (χ0n) is 29.1. The molecule has 0 saturated heterocycles. The van der Waals surface area contributed by atoms with Crippen LogP contribution in [0.1, 0.15) is 122 Å². The Morgan fingerprint density at radius 1 is 0.913 bits per heavy atom. The number of nitrogens with zero attached hydrogens (tertiary/aromatic N) is 2. The maximum Gasteiger partial charge on any atom is 0.245 e. The number of ketones is 1. The van der Waals surface area contributed by atoms with Gasteiger partial charge in [-0.15, -0.1) is 0 Å². The molecule has 3 nitrogen and oxygen atoms in total. The highest BCUT2D eigenvalue weighted by molar-refractivity contribution is 5.95. The second-order valence-corrected chi connectivity index (χ2v) is 16.6. The van der Waals surface area contributed by atoms with Crippen molar-refractivity contribution in [1.82, 2.24) is 4.57 Å². The van der Waals surface area contributed by atoms with Crippen molar-refractivity contribution in [2.75, 3.05) is 0 Å². The lowest BCUT2D eigenvalue weighted by atomic mass is 9.47. The molecule has 0 unspecified atom stereocenters. The van der Waals surface area contributed by atoms with Gasteiger partial charge in [0.25, 0.3) is 0 Å². The number of carbonyl (C=O) groups is 1. The Morgan fingerprint density at radius 3 is 2.46 bits per heavy atom. The van der Waals surface area contributed by atoms with Crippen molar-refractivity contribution >= 4 is 16.8 Å². The molecular formula is C42H57BrN2O. The van der Waals surface area contributed by atoms with E-state index in [1.807, 2.05) is 30.3 Å². The fourth-order valence-corrected chi connectivity index (χ4v) is 11.4. The molecule has 0 N–H and O–H groups in total. The van der Waals surface area contributed by atoms with Crippen LogP contribution in [0.2, 0.25) is 0 Å². The third-order valence-corrected chi connectivity index (χ3v) is 13.8. The zero-order chi connectivity index (χ0) is 31.3. The van der Waals surface area contributed by atoms with Gasteiger partial charge in [-0.3, -0.25) is 4.79 Å². The summed E-state index contributed by atoms with van der Waals surface area (Å²) >= 11 is 0. The van der Waals surface area contributed by atoms with Crippen LogP contribution in [0.4, 0.5) is 0 Å². The van der Waals surface area contributed by atoms with E-state index in [1.165, 1.54) is 69.7 Å². The third-order valence-electron chi connectivity index (χ3n) is 13.8. The number of carbonyl (C=O) groups excluding carboxylic acids is 1. The summed E-state index contributed by atoms with van der Waals surface area (Å²) in [5.74, 6) is 5.44. The average Bonchev–Trinajstić information content (AvgIpc) is 3.58. The lowest BCUT2D eigenvalue weighted by molar-refractivity contribution is -0.658.